The molecule has 0 fully saturated rings. The highest BCUT2D eigenvalue weighted by Crippen LogP contribution is 2.30. The van der Waals surface area contributed by atoms with Crippen LogP contribution in [0, 0.1) is 0 Å². The van der Waals surface area contributed by atoms with E-state index in [0.717, 1.165) is 4.88 Å². The highest BCUT2D eigenvalue weighted by molar-refractivity contribution is 7.99. The summed E-state index contributed by atoms with van der Waals surface area (Å²) >= 11 is 3.26. The van der Waals surface area contributed by atoms with Crippen LogP contribution in [0.1, 0.15) is 4.88 Å². The molecule has 1 N–H and O–H groups in total. The number of rotatable bonds is 3. The Labute approximate surface area is 96.3 Å². The van der Waals surface area contributed by atoms with Gasteiger partial charge in [0.05, 0.1) is 6.21 Å². The van der Waals surface area contributed by atoms with E-state index >= 15 is 0 Å². The molecule has 0 aliphatic rings. The third-order valence-electron chi connectivity index (χ3n) is 1.76. The maximum Gasteiger partial charge on any atom is 0.0833 e. The molecule has 1 heterocycles. The lowest BCUT2D eigenvalue weighted by Crippen LogP contribution is -1.71. The van der Waals surface area contributed by atoms with Crippen molar-refractivity contribution in [2.24, 2.45) is 5.16 Å². The van der Waals surface area contributed by atoms with Crippen molar-refractivity contribution in [3.63, 3.8) is 0 Å². The van der Waals surface area contributed by atoms with Gasteiger partial charge in [0, 0.05) is 20.0 Å². The first kappa shape index (κ1) is 10.3. The Morgan fingerprint density at radius 2 is 2.00 bits per heavy atom. The molecular formula is C11H9NOS2. The predicted molar refractivity (Wildman–Crippen MR) is 64.3 cm³/mol. The Bertz CT molecular complexity index is 451. The van der Waals surface area contributed by atoms with Gasteiger partial charge in [-0.3, -0.25) is 0 Å². The molecule has 1 aromatic carbocycles. The van der Waals surface area contributed by atoms with E-state index in [9.17, 15) is 0 Å². The highest BCUT2D eigenvalue weighted by atomic mass is 32.2. The Morgan fingerprint density at radius 1 is 1.20 bits per heavy atom. The molecule has 0 bridgehead atoms. The zero-order valence-corrected chi connectivity index (χ0v) is 9.46. The minimum Gasteiger partial charge on any atom is -0.411 e. The molecule has 2 nitrogen and oxygen atoms in total. The van der Waals surface area contributed by atoms with Crippen LogP contribution in [0.25, 0.3) is 0 Å². The van der Waals surface area contributed by atoms with E-state index in [4.69, 9.17) is 5.21 Å². The van der Waals surface area contributed by atoms with Gasteiger partial charge in [-0.2, -0.15) is 0 Å². The fraction of sp³-hybridized carbons (Fsp3) is 0. The number of thiophene rings is 1. The minimum absolute atomic E-state index is 0.955. The van der Waals surface area contributed by atoms with Crippen molar-refractivity contribution >= 4 is 29.3 Å². The zero-order valence-electron chi connectivity index (χ0n) is 7.83. The summed E-state index contributed by atoms with van der Waals surface area (Å²) in [4.78, 5) is 3.33. The van der Waals surface area contributed by atoms with E-state index in [0.29, 0.717) is 0 Å². The number of benzene rings is 1. The van der Waals surface area contributed by atoms with E-state index in [2.05, 4.69) is 22.7 Å². The molecule has 2 aromatic rings. The molecule has 0 atom stereocenters. The summed E-state index contributed by atoms with van der Waals surface area (Å²) in [5.41, 5.74) is 0. The fourth-order valence-electron chi connectivity index (χ4n) is 1.14. The molecule has 1 aromatic heterocycles. The van der Waals surface area contributed by atoms with Gasteiger partial charge in [-0.25, -0.2) is 0 Å². The summed E-state index contributed by atoms with van der Waals surface area (Å²) in [7, 11) is 0. The molecule has 2 rings (SSSR count). The van der Waals surface area contributed by atoms with Crippen LogP contribution in [-0.2, 0) is 0 Å². The van der Waals surface area contributed by atoms with Crippen molar-refractivity contribution in [3.8, 4) is 0 Å². The summed E-state index contributed by atoms with van der Waals surface area (Å²) in [6, 6.07) is 12.2. The van der Waals surface area contributed by atoms with Crippen LogP contribution in [0.15, 0.2) is 56.7 Å². The molecule has 0 amide bonds. The van der Waals surface area contributed by atoms with Crippen LogP contribution >= 0.6 is 23.1 Å². The number of hydrogen-bond donors (Lipinski definition) is 1. The van der Waals surface area contributed by atoms with Gasteiger partial charge in [0.15, 0.2) is 0 Å². The van der Waals surface area contributed by atoms with Crippen LogP contribution in [0.2, 0.25) is 0 Å². The maximum atomic E-state index is 8.39. The molecule has 76 valence electrons. The lowest BCUT2D eigenvalue weighted by atomic mass is 10.4. The van der Waals surface area contributed by atoms with E-state index in [1.807, 2.05) is 24.3 Å². The largest absolute Gasteiger partial charge is 0.411 e. The molecule has 0 aliphatic carbocycles. The number of hydrogen-bond acceptors (Lipinski definition) is 4. The van der Waals surface area contributed by atoms with Gasteiger partial charge in [0.2, 0.25) is 0 Å². The van der Waals surface area contributed by atoms with E-state index in [1.54, 1.807) is 23.1 Å². The van der Waals surface area contributed by atoms with Gasteiger partial charge in [0.25, 0.3) is 0 Å². The fourth-order valence-corrected chi connectivity index (χ4v) is 2.92. The van der Waals surface area contributed by atoms with Crippen LogP contribution in [0.3, 0.4) is 0 Å². The van der Waals surface area contributed by atoms with Crippen LogP contribution in [0.5, 0.6) is 0 Å². The Morgan fingerprint density at radius 3 is 2.73 bits per heavy atom. The molecule has 0 saturated carbocycles. The molecule has 0 spiro atoms. The van der Waals surface area contributed by atoms with Crippen molar-refractivity contribution in [2.75, 3.05) is 0 Å². The van der Waals surface area contributed by atoms with Gasteiger partial charge >= 0.3 is 0 Å². The molecule has 0 radical (unpaired) electrons. The SMILES string of the molecule is O/N=C/c1cc(Sc2ccccc2)cs1. The third kappa shape index (κ3) is 2.84. The quantitative estimate of drug-likeness (QED) is 0.500. The zero-order chi connectivity index (χ0) is 10.5. The summed E-state index contributed by atoms with van der Waals surface area (Å²) in [6.45, 7) is 0. The van der Waals surface area contributed by atoms with Crippen LogP contribution in [-0.4, -0.2) is 11.4 Å². The molecule has 0 unspecified atom stereocenters. The second-order valence-corrected chi connectivity index (χ2v) is 4.93. The average Bonchev–Trinajstić information content (AvgIpc) is 2.68. The average molecular weight is 235 g/mol. The monoisotopic (exact) mass is 235 g/mol. The molecule has 0 saturated heterocycles. The van der Waals surface area contributed by atoms with Crippen molar-refractivity contribution in [3.05, 3.63) is 46.7 Å². The van der Waals surface area contributed by atoms with Gasteiger partial charge in [-0.1, -0.05) is 35.1 Å². The Kier molecular flexibility index (Phi) is 3.42. The van der Waals surface area contributed by atoms with Crippen LogP contribution in [0.4, 0.5) is 0 Å². The van der Waals surface area contributed by atoms with E-state index < -0.39 is 0 Å². The van der Waals surface area contributed by atoms with Gasteiger partial charge < -0.3 is 5.21 Å². The van der Waals surface area contributed by atoms with Crippen molar-refractivity contribution in [1.82, 2.24) is 0 Å². The summed E-state index contributed by atoms with van der Waals surface area (Å²) in [5, 5.41) is 13.4. The second kappa shape index (κ2) is 5.00. The van der Waals surface area contributed by atoms with Crippen molar-refractivity contribution < 1.29 is 5.21 Å². The lowest BCUT2D eigenvalue weighted by Gasteiger charge is -1.96. The van der Waals surface area contributed by atoms with Crippen LogP contribution < -0.4 is 0 Å². The highest BCUT2D eigenvalue weighted by Gasteiger charge is 1.99. The molecule has 0 aliphatic heterocycles. The summed E-state index contributed by atoms with van der Waals surface area (Å²) < 4.78 is 0. The number of oxime groups is 1. The maximum absolute atomic E-state index is 8.39. The molecule has 15 heavy (non-hydrogen) atoms. The van der Waals surface area contributed by atoms with Gasteiger partial charge in [-0.15, -0.1) is 11.3 Å². The normalized spacial score (nSPS) is 10.9. The third-order valence-corrected chi connectivity index (χ3v) is 3.76. The minimum atomic E-state index is 0.955. The smallest absolute Gasteiger partial charge is 0.0833 e. The number of nitrogens with zero attached hydrogens (tertiary/aromatic N) is 1. The first-order valence-corrected chi connectivity index (χ1v) is 6.07. The lowest BCUT2D eigenvalue weighted by molar-refractivity contribution is 0.322. The standard InChI is InChI=1S/C11H9NOS2/c13-12-7-10-6-11(8-14-10)15-9-4-2-1-3-5-9/h1-8,13H/b12-7+. The van der Waals surface area contributed by atoms with Crippen molar-refractivity contribution in [2.45, 2.75) is 9.79 Å². The summed E-state index contributed by atoms with van der Waals surface area (Å²) in [5.74, 6) is 0. The van der Waals surface area contributed by atoms with Gasteiger partial charge in [-0.05, 0) is 18.2 Å². The predicted octanol–water partition coefficient (Wildman–Crippen LogP) is 3.71. The second-order valence-electron chi connectivity index (χ2n) is 2.84. The molecule has 4 heteroatoms. The Balaban J connectivity index is 2.11. The summed E-state index contributed by atoms with van der Waals surface area (Å²) in [6.07, 6.45) is 1.44. The van der Waals surface area contributed by atoms with Crippen molar-refractivity contribution in [1.29, 1.82) is 0 Å². The van der Waals surface area contributed by atoms with Gasteiger partial charge in [0.1, 0.15) is 0 Å². The first-order chi connectivity index (χ1) is 7.38. The molecular weight excluding hydrogens is 226 g/mol. The first-order valence-electron chi connectivity index (χ1n) is 4.37. The van der Waals surface area contributed by atoms with E-state index in [1.165, 1.54) is 16.0 Å². The topological polar surface area (TPSA) is 32.6 Å². The van der Waals surface area contributed by atoms with E-state index in [-0.39, 0.29) is 0 Å². The Hall–Kier alpha value is -1.26.